The van der Waals surface area contributed by atoms with Gasteiger partial charge in [0.1, 0.15) is 0 Å². The van der Waals surface area contributed by atoms with Gasteiger partial charge in [-0.1, -0.05) is 23.8 Å². The number of hydrogen-bond acceptors (Lipinski definition) is 2. The van der Waals surface area contributed by atoms with E-state index in [2.05, 4.69) is 54.3 Å². The third-order valence-electron chi connectivity index (χ3n) is 4.17. The molecule has 0 amide bonds. The summed E-state index contributed by atoms with van der Waals surface area (Å²) in [6.07, 6.45) is 3.84. The molecule has 1 aliphatic heterocycles. The summed E-state index contributed by atoms with van der Waals surface area (Å²) in [7, 11) is 0. The zero-order valence-electron chi connectivity index (χ0n) is 11.9. The highest BCUT2D eigenvalue weighted by molar-refractivity contribution is 5.34. The van der Waals surface area contributed by atoms with Crippen molar-refractivity contribution in [2.24, 2.45) is 0 Å². The second-order valence-corrected chi connectivity index (χ2v) is 5.85. The number of aromatic amines is 1. The van der Waals surface area contributed by atoms with Gasteiger partial charge in [-0.2, -0.15) is 0 Å². The molecule has 0 aliphatic carbocycles. The van der Waals surface area contributed by atoms with E-state index in [1.54, 1.807) is 0 Å². The van der Waals surface area contributed by atoms with Crippen LogP contribution in [0, 0.1) is 13.8 Å². The van der Waals surface area contributed by atoms with Crippen molar-refractivity contribution in [3.63, 3.8) is 0 Å². The standard InChI is InChI=1S/C16H21N3/c1-11-4-5-13(12(2)8-11)9-16(3)15-14(6-7-19-16)17-10-18-15/h4-5,8,10,19H,6-7,9H2,1-3H3,(H,17,18). The molecule has 2 aromatic rings. The summed E-state index contributed by atoms with van der Waals surface area (Å²) in [4.78, 5) is 7.81. The number of aryl methyl sites for hydroxylation is 2. The molecule has 2 heterocycles. The quantitative estimate of drug-likeness (QED) is 0.866. The van der Waals surface area contributed by atoms with E-state index in [1.807, 2.05) is 6.33 Å². The van der Waals surface area contributed by atoms with Crippen molar-refractivity contribution in [1.82, 2.24) is 15.3 Å². The first-order chi connectivity index (χ1) is 9.08. The van der Waals surface area contributed by atoms with Crippen LogP contribution < -0.4 is 5.32 Å². The Hall–Kier alpha value is -1.61. The molecule has 3 heteroatoms. The van der Waals surface area contributed by atoms with Crippen molar-refractivity contribution < 1.29 is 0 Å². The number of rotatable bonds is 2. The van der Waals surface area contributed by atoms with E-state index >= 15 is 0 Å². The lowest BCUT2D eigenvalue weighted by Gasteiger charge is -2.34. The Labute approximate surface area is 114 Å². The monoisotopic (exact) mass is 255 g/mol. The number of imidazole rings is 1. The highest BCUT2D eigenvalue weighted by atomic mass is 15.1. The lowest BCUT2D eigenvalue weighted by molar-refractivity contribution is 0.334. The van der Waals surface area contributed by atoms with Crippen LogP contribution in [0.3, 0.4) is 0 Å². The summed E-state index contributed by atoms with van der Waals surface area (Å²) >= 11 is 0. The maximum atomic E-state index is 4.54. The predicted molar refractivity (Wildman–Crippen MR) is 77.3 cm³/mol. The van der Waals surface area contributed by atoms with E-state index < -0.39 is 0 Å². The molecule has 0 spiro atoms. The average Bonchev–Trinajstić information content (AvgIpc) is 2.83. The second-order valence-electron chi connectivity index (χ2n) is 5.85. The van der Waals surface area contributed by atoms with Gasteiger partial charge in [-0.25, -0.2) is 4.98 Å². The predicted octanol–water partition coefficient (Wildman–Crippen LogP) is 2.63. The highest BCUT2D eigenvalue weighted by Gasteiger charge is 2.34. The molecule has 0 fully saturated rings. The number of nitrogens with zero attached hydrogens (tertiary/aromatic N) is 1. The molecule has 1 aromatic heterocycles. The van der Waals surface area contributed by atoms with Crippen LogP contribution in [0.15, 0.2) is 24.5 Å². The summed E-state index contributed by atoms with van der Waals surface area (Å²) in [6.45, 7) is 7.60. The summed E-state index contributed by atoms with van der Waals surface area (Å²) in [5.41, 5.74) is 6.49. The normalized spacial score (nSPS) is 22.3. The maximum absolute atomic E-state index is 4.54. The van der Waals surface area contributed by atoms with Gasteiger partial charge in [-0.3, -0.25) is 0 Å². The molecule has 0 saturated heterocycles. The van der Waals surface area contributed by atoms with Crippen LogP contribution in [0.5, 0.6) is 0 Å². The molecule has 3 nitrogen and oxygen atoms in total. The highest BCUT2D eigenvalue weighted by Crippen LogP contribution is 2.30. The molecule has 0 bridgehead atoms. The summed E-state index contributed by atoms with van der Waals surface area (Å²) in [5.74, 6) is 0. The van der Waals surface area contributed by atoms with Crippen LogP contribution in [0.1, 0.15) is 35.0 Å². The topological polar surface area (TPSA) is 40.7 Å². The van der Waals surface area contributed by atoms with Gasteiger partial charge in [0, 0.05) is 18.7 Å². The van der Waals surface area contributed by atoms with Crippen LogP contribution in [0.25, 0.3) is 0 Å². The zero-order chi connectivity index (χ0) is 13.5. The van der Waals surface area contributed by atoms with Crippen LogP contribution in [-0.2, 0) is 18.4 Å². The van der Waals surface area contributed by atoms with Crippen LogP contribution in [0.2, 0.25) is 0 Å². The Morgan fingerprint density at radius 3 is 2.95 bits per heavy atom. The van der Waals surface area contributed by atoms with E-state index in [-0.39, 0.29) is 5.54 Å². The fraction of sp³-hybridized carbons (Fsp3) is 0.438. The first kappa shape index (κ1) is 12.4. The Balaban J connectivity index is 1.95. The molecule has 1 atom stereocenters. The summed E-state index contributed by atoms with van der Waals surface area (Å²) < 4.78 is 0. The van der Waals surface area contributed by atoms with Crippen LogP contribution in [0.4, 0.5) is 0 Å². The average molecular weight is 255 g/mol. The SMILES string of the molecule is Cc1ccc(CC2(C)NCCc3[nH]cnc32)c(C)c1. The fourth-order valence-corrected chi connectivity index (χ4v) is 3.11. The minimum absolute atomic E-state index is 0.0619. The first-order valence-electron chi connectivity index (χ1n) is 6.92. The number of H-pyrrole nitrogens is 1. The second kappa shape index (κ2) is 4.49. The molecule has 0 saturated carbocycles. The van der Waals surface area contributed by atoms with E-state index in [0.29, 0.717) is 0 Å². The van der Waals surface area contributed by atoms with E-state index in [1.165, 1.54) is 28.1 Å². The Bertz CT molecular complexity index is 600. The van der Waals surface area contributed by atoms with Gasteiger partial charge in [0.05, 0.1) is 17.6 Å². The number of aromatic nitrogens is 2. The minimum atomic E-state index is -0.0619. The molecule has 19 heavy (non-hydrogen) atoms. The molecule has 100 valence electrons. The number of nitrogens with one attached hydrogen (secondary N) is 2. The van der Waals surface area contributed by atoms with E-state index in [0.717, 1.165) is 19.4 Å². The third kappa shape index (κ3) is 2.19. The van der Waals surface area contributed by atoms with Crippen molar-refractivity contribution in [2.75, 3.05) is 6.54 Å². The summed E-state index contributed by atoms with van der Waals surface area (Å²) in [5, 5.41) is 3.65. The van der Waals surface area contributed by atoms with Gasteiger partial charge < -0.3 is 10.3 Å². The van der Waals surface area contributed by atoms with E-state index in [4.69, 9.17) is 0 Å². The molecule has 1 aromatic carbocycles. The minimum Gasteiger partial charge on any atom is -0.348 e. The lowest BCUT2D eigenvalue weighted by Crippen LogP contribution is -2.47. The first-order valence-corrected chi connectivity index (χ1v) is 6.92. The number of fused-ring (bicyclic) bond motifs is 1. The Morgan fingerprint density at radius 2 is 2.16 bits per heavy atom. The van der Waals surface area contributed by atoms with Crippen molar-refractivity contribution in [2.45, 2.75) is 39.2 Å². The maximum Gasteiger partial charge on any atom is 0.0926 e. The summed E-state index contributed by atoms with van der Waals surface area (Å²) in [6, 6.07) is 6.70. The van der Waals surface area contributed by atoms with Gasteiger partial charge >= 0.3 is 0 Å². The van der Waals surface area contributed by atoms with Gasteiger partial charge in [0.25, 0.3) is 0 Å². The molecule has 1 unspecified atom stereocenters. The number of hydrogen-bond donors (Lipinski definition) is 2. The Kier molecular flexibility index (Phi) is 2.94. The third-order valence-corrected chi connectivity index (χ3v) is 4.17. The molecule has 1 aliphatic rings. The largest absolute Gasteiger partial charge is 0.348 e. The lowest BCUT2D eigenvalue weighted by atomic mass is 9.84. The smallest absolute Gasteiger partial charge is 0.0926 e. The van der Waals surface area contributed by atoms with Crippen molar-refractivity contribution in [3.05, 3.63) is 52.6 Å². The number of benzene rings is 1. The fourth-order valence-electron chi connectivity index (χ4n) is 3.11. The van der Waals surface area contributed by atoms with Crippen molar-refractivity contribution in [3.8, 4) is 0 Å². The molecule has 0 radical (unpaired) electrons. The zero-order valence-corrected chi connectivity index (χ0v) is 11.9. The van der Waals surface area contributed by atoms with E-state index in [9.17, 15) is 0 Å². The Morgan fingerprint density at radius 1 is 1.32 bits per heavy atom. The van der Waals surface area contributed by atoms with Crippen molar-refractivity contribution >= 4 is 0 Å². The van der Waals surface area contributed by atoms with Crippen LogP contribution >= 0.6 is 0 Å². The molecular weight excluding hydrogens is 234 g/mol. The molecular formula is C16H21N3. The van der Waals surface area contributed by atoms with Gasteiger partial charge in [-0.05, 0) is 38.3 Å². The van der Waals surface area contributed by atoms with Crippen LogP contribution in [-0.4, -0.2) is 16.5 Å². The van der Waals surface area contributed by atoms with Gasteiger partial charge in [0.15, 0.2) is 0 Å². The van der Waals surface area contributed by atoms with Gasteiger partial charge in [0.2, 0.25) is 0 Å². The van der Waals surface area contributed by atoms with Crippen molar-refractivity contribution in [1.29, 1.82) is 0 Å². The molecule has 2 N–H and O–H groups in total. The molecule has 3 rings (SSSR count). The van der Waals surface area contributed by atoms with Gasteiger partial charge in [-0.15, -0.1) is 0 Å².